The van der Waals surface area contributed by atoms with Gasteiger partial charge in [0.05, 0.1) is 0 Å². The van der Waals surface area contributed by atoms with Crippen LogP contribution in [0.25, 0.3) is 0 Å². The molecule has 1 N–H and O–H groups in total. The molecule has 0 heterocycles. The Balaban J connectivity index is 1.94. The van der Waals surface area contributed by atoms with Crippen molar-refractivity contribution < 1.29 is 0 Å². The Morgan fingerprint density at radius 1 is 1.10 bits per heavy atom. The van der Waals surface area contributed by atoms with Crippen molar-refractivity contribution in [3.8, 4) is 0 Å². The zero-order valence-corrected chi connectivity index (χ0v) is 14.9. The summed E-state index contributed by atoms with van der Waals surface area (Å²) < 4.78 is 0. The van der Waals surface area contributed by atoms with Crippen LogP contribution in [0.5, 0.6) is 0 Å². The molecule has 2 rings (SSSR count). The van der Waals surface area contributed by atoms with Gasteiger partial charge in [0.25, 0.3) is 0 Å². The van der Waals surface area contributed by atoms with Gasteiger partial charge in [-0.3, -0.25) is 0 Å². The van der Waals surface area contributed by atoms with Gasteiger partial charge in [-0.2, -0.15) is 0 Å². The predicted octanol–water partition coefficient (Wildman–Crippen LogP) is 4.30. The summed E-state index contributed by atoms with van der Waals surface area (Å²) in [6.45, 7) is 9.85. The molecule has 2 aliphatic rings. The fourth-order valence-corrected chi connectivity index (χ4v) is 4.50. The highest BCUT2D eigenvalue weighted by molar-refractivity contribution is 4.87. The Bertz CT molecular complexity index is 283. The fraction of sp³-hybridized carbons (Fsp3) is 1.00. The van der Waals surface area contributed by atoms with E-state index >= 15 is 0 Å². The molecule has 0 spiro atoms. The van der Waals surface area contributed by atoms with Crippen molar-refractivity contribution >= 4 is 0 Å². The van der Waals surface area contributed by atoms with Crippen LogP contribution in [0.1, 0.15) is 72.1 Å². The van der Waals surface area contributed by atoms with Crippen LogP contribution in [0.15, 0.2) is 0 Å². The van der Waals surface area contributed by atoms with E-state index in [0.29, 0.717) is 0 Å². The van der Waals surface area contributed by atoms with E-state index in [0.717, 1.165) is 29.8 Å². The average molecular weight is 295 g/mol. The van der Waals surface area contributed by atoms with E-state index in [2.05, 4.69) is 38.0 Å². The average Bonchev–Trinajstić information content (AvgIpc) is 2.97. The Morgan fingerprint density at radius 3 is 2.43 bits per heavy atom. The SMILES string of the molecule is CNC1CCC(C)CC1CN(CCC(C)C)C1CCCC1. The molecule has 21 heavy (non-hydrogen) atoms. The highest BCUT2D eigenvalue weighted by Crippen LogP contribution is 2.32. The van der Waals surface area contributed by atoms with Gasteiger partial charge in [0, 0.05) is 18.6 Å². The Labute approximate surface area is 133 Å². The summed E-state index contributed by atoms with van der Waals surface area (Å²) in [4.78, 5) is 2.88. The van der Waals surface area contributed by atoms with Crippen LogP contribution in [0, 0.1) is 17.8 Å². The topological polar surface area (TPSA) is 15.3 Å². The van der Waals surface area contributed by atoms with Crippen LogP contribution in [0.3, 0.4) is 0 Å². The molecule has 2 nitrogen and oxygen atoms in total. The van der Waals surface area contributed by atoms with Gasteiger partial charge < -0.3 is 10.2 Å². The molecule has 2 aliphatic carbocycles. The zero-order valence-electron chi connectivity index (χ0n) is 14.9. The van der Waals surface area contributed by atoms with E-state index in [1.807, 2.05) is 0 Å². The van der Waals surface area contributed by atoms with Crippen molar-refractivity contribution in [1.82, 2.24) is 10.2 Å². The molecule has 3 unspecified atom stereocenters. The van der Waals surface area contributed by atoms with Crippen LogP contribution in [0.2, 0.25) is 0 Å². The monoisotopic (exact) mass is 294 g/mol. The highest BCUT2D eigenvalue weighted by Gasteiger charge is 2.31. The molecule has 2 fully saturated rings. The molecule has 0 radical (unpaired) electrons. The van der Waals surface area contributed by atoms with Gasteiger partial charge in [0.1, 0.15) is 0 Å². The van der Waals surface area contributed by atoms with E-state index in [-0.39, 0.29) is 0 Å². The predicted molar refractivity (Wildman–Crippen MR) is 92.6 cm³/mol. The van der Waals surface area contributed by atoms with Gasteiger partial charge in [0.15, 0.2) is 0 Å². The minimum Gasteiger partial charge on any atom is -0.317 e. The summed E-state index contributed by atoms with van der Waals surface area (Å²) in [6.07, 6.45) is 11.4. The minimum atomic E-state index is 0.754. The van der Waals surface area contributed by atoms with Gasteiger partial charge >= 0.3 is 0 Å². The second-order valence-corrected chi connectivity index (χ2v) is 8.19. The third-order valence-corrected chi connectivity index (χ3v) is 5.92. The van der Waals surface area contributed by atoms with E-state index < -0.39 is 0 Å². The molecule has 0 aromatic rings. The van der Waals surface area contributed by atoms with Crippen molar-refractivity contribution in [2.24, 2.45) is 17.8 Å². The zero-order chi connectivity index (χ0) is 15.2. The summed E-state index contributed by atoms with van der Waals surface area (Å²) >= 11 is 0. The quantitative estimate of drug-likeness (QED) is 0.753. The van der Waals surface area contributed by atoms with Crippen LogP contribution < -0.4 is 5.32 Å². The van der Waals surface area contributed by atoms with Gasteiger partial charge in [-0.1, -0.05) is 33.6 Å². The van der Waals surface area contributed by atoms with Crippen LogP contribution in [0.4, 0.5) is 0 Å². The minimum absolute atomic E-state index is 0.754. The van der Waals surface area contributed by atoms with Crippen LogP contribution >= 0.6 is 0 Å². The van der Waals surface area contributed by atoms with E-state index in [1.165, 1.54) is 64.5 Å². The lowest BCUT2D eigenvalue weighted by atomic mass is 9.78. The maximum Gasteiger partial charge on any atom is 0.0105 e. The normalized spacial score (nSPS) is 31.4. The van der Waals surface area contributed by atoms with Crippen LogP contribution in [-0.4, -0.2) is 37.1 Å². The molecular weight excluding hydrogens is 256 g/mol. The first-order valence-electron chi connectivity index (χ1n) is 9.51. The molecule has 124 valence electrons. The smallest absolute Gasteiger partial charge is 0.0105 e. The Hall–Kier alpha value is -0.0800. The Kier molecular flexibility index (Phi) is 7.01. The second kappa shape index (κ2) is 8.53. The summed E-state index contributed by atoms with van der Waals surface area (Å²) in [5, 5.41) is 3.61. The molecule has 0 saturated heterocycles. The number of nitrogens with one attached hydrogen (secondary N) is 1. The lowest BCUT2D eigenvalue weighted by molar-refractivity contribution is 0.112. The third-order valence-electron chi connectivity index (χ3n) is 5.92. The van der Waals surface area contributed by atoms with Gasteiger partial charge in [-0.15, -0.1) is 0 Å². The number of hydrogen-bond donors (Lipinski definition) is 1. The lowest BCUT2D eigenvalue weighted by Crippen LogP contribution is -2.47. The molecule has 0 amide bonds. The van der Waals surface area contributed by atoms with Crippen molar-refractivity contribution in [3.05, 3.63) is 0 Å². The number of hydrogen-bond acceptors (Lipinski definition) is 2. The molecule has 2 heteroatoms. The molecule has 0 aliphatic heterocycles. The molecule has 2 saturated carbocycles. The van der Waals surface area contributed by atoms with E-state index in [4.69, 9.17) is 0 Å². The van der Waals surface area contributed by atoms with Gasteiger partial charge in [-0.25, -0.2) is 0 Å². The summed E-state index contributed by atoms with van der Waals surface area (Å²) in [6, 6.07) is 1.64. The van der Waals surface area contributed by atoms with E-state index in [1.54, 1.807) is 0 Å². The summed E-state index contributed by atoms with van der Waals surface area (Å²) in [5.41, 5.74) is 0. The maximum absolute atomic E-state index is 3.61. The first kappa shape index (κ1) is 17.3. The molecular formula is C19H38N2. The third kappa shape index (κ3) is 5.25. The van der Waals surface area contributed by atoms with Crippen molar-refractivity contribution in [2.45, 2.75) is 84.2 Å². The molecule has 3 atom stereocenters. The Morgan fingerprint density at radius 2 is 1.81 bits per heavy atom. The summed E-state index contributed by atoms with van der Waals surface area (Å²) in [5.74, 6) is 2.63. The molecule has 0 aromatic carbocycles. The molecule has 0 bridgehead atoms. The highest BCUT2D eigenvalue weighted by atomic mass is 15.2. The first-order chi connectivity index (χ1) is 10.1. The number of nitrogens with zero attached hydrogens (tertiary/aromatic N) is 1. The maximum atomic E-state index is 3.61. The second-order valence-electron chi connectivity index (χ2n) is 8.19. The largest absolute Gasteiger partial charge is 0.317 e. The fourth-order valence-electron chi connectivity index (χ4n) is 4.50. The number of rotatable bonds is 7. The van der Waals surface area contributed by atoms with Gasteiger partial charge in [0.2, 0.25) is 0 Å². The van der Waals surface area contributed by atoms with Gasteiger partial charge in [-0.05, 0) is 69.9 Å². The van der Waals surface area contributed by atoms with Crippen molar-refractivity contribution in [2.75, 3.05) is 20.1 Å². The van der Waals surface area contributed by atoms with Crippen LogP contribution in [-0.2, 0) is 0 Å². The summed E-state index contributed by atoms with van der Waals surface area (Å²) in [7, 11) is 2.17. The lowest BCUT2D eigenvalue weighted by Gasteiger charge is -2.40. The van der Waals surface area contributed by atoms with Crippen molar-refractivity contribution in [3.63, 3.8) is 0 Å². The van der Waals surface area contributed by atoms with E-state index in [9.17, 15) is 0 Å². The van der Waals surface area contributed by atoms with Crippen molar-refractivity contribution in [1.29, 1.82) is 0 Å². The first-order valence-corrected chi connectivity index (χ1v) is 9.51. The standard InChI is InChI=1S/C19H38N2/c1-15(2)11-12-21(18-7-5-6-8-18)14-17-13-16(3)9-10-19(17)20-4/h15-20H,5-14H2,1-4H3. The molecule has 0 aromatic heterocycles.